The molecule has 0 fully saturated rings. The summed E-state index contributed by atoms with van der Waals surface area (Å²) in [6.07, 6.45) is 0. The molecule has 0 saturated heterocycles. The maximum absolute atomic E-state index is 11.6. The molecule has 0 aliphatic heterocycles. The fourth-order valence-corrected chi connectivity index (χ4v) is 1.76. The fourth-order valence-electron chi connectivity index (χ4n) is 1.64. The molecule has 2 aromatic rings. The highest BCUT2D eigenvalue weighted by molar-refractivity contribution is 6.30. The van der Waals surface area contributed by atoms with E-state index in [-0.39, 0.29) is 5.91 Å². The second-order valence-corrected chi connectivity index (χ2v) is 4.45. The van der Waals surface area contributed by atoms with E-state index in [2.05, 4.69) is 10.6 Å². The van der Waals surface area contributed by atoms with Crippen LogP contribution in [-0.2, 0) is 0 Å². The van der Waals surface area contributed by atoms with Crippen molar-refractivity contribution in [2.45, 2.75) is 0 Å². The van der Waals surface area contributed by atoms with Gasteiger partial charge in [-0.1, -0.05) is 11.6 Å². The normalized spacial score (nSPS) is 10.0. The van der Waals surface area contributed by atoms with Gasteiger partial charge in [-0.15, -0.1) is 0 Å². The van der Waals surface area contributed by atoms with Gasteiger partial charge < -0.3 is 16.4 Å². The van der Waals surface area contributed by atoms with Crippen molar-refractivity contribution in [3.05, 3.63) is 53.1 Å². The molecule has 0 aromatic heterocycles. The van der Waals surface area contributed by atoms with Crippen molar-refractivity contribution < 1.29 is 4.79 Å². The second-order valence-electron chi connectivity index (χ2n) is 4.01. The lowest BCUT2D eigenvalue weighted by Crippen LogP contribution is -2.17. The summed E-state index contributed by atoms with van der Waals surface area (Å²) in [5.41, 5.74) is 8.55. The summed E-state index contributed by atoms with van der Waals surface area (Å²) in [5, 5.41) is 6.39. The second kappa shape index (κ2) is 5.63. The molecule has 5 heteroatoms. The van der Waals surface area contributed by atoms with Crippen LogP contribution in [0.3, 0.4) is 0 Å². The molecule has 4 nitrogen and oxygen atoms in total. The molecule has 0 bridgehead atoms. The molecule has 0 spiro atoms. The predicted molar refractivity (Wildman–Crippen MR) is 79.0 cm³/mol. The minimum atomic E-state index is -0.154. The minimum Gasteiger partial charge on any atom is -0.397 e. The Bertz CT molecular complexity index is 596. The summed E-state index contributed by atoms with van der Waals surface area (Å²) in [7, 11) is 1.59. The fraction of sp³-hybridized carbons (Fsp3) is 0.0714. The number of carbonyl (C=O) groups is 1. The molecular formula is C14H14ClN3O. The Balaban J connectivity index is 2.28. The Kier molecular flexibility index (Phi) is 3.92. The van der Waals surface area contributed by atoms with Crippen molar-refractivity contribution in [3.8, 4) is 0 Å². The number of nitrogens with one attached hydrogen (secondary N) is 2. The monoisotopic (exact) mass is 275 g/mol. The van der Waals surface area contributed by atoms with E-state index in [4.69, 9.17) is 17.3 Å². The van der Waals surface area contributed by atoms with E-state index in [0.717, 1.165) is 5.69 Å². The van der Waals surface area contributed by atoms with E-state index in [0.29, 0.717) is 22.0 Å². The van der Waals surface area contributed by atoms with Crippen LogP contribution in [0.1, 0.15) is 10.4 Å². The average Bonchev–Trinajstić information content (AvgIpc) is 2.43. The number of anilines is 3. The lowest BCUT2D eigenvalue weighted by molar-refractivity contribution is 0.0963. The number of rotatable bonds is 3. The van der Waals surface area contributed by atoms with Crippen LogP contribution < -0.4 is 16.4 Å². The summed E-state index contributed by atoms with van der Waals surface area (Å²) in [6, 6.07) is 12.3. The van der Waals surface area contributed by atoms with Gasteiger partial charge in [-0.3, -0.25) is 4.79 Å². The van der Waals surface area contributed by atoms with Crippen LogP contribution in [0.2, 0.25) is 5.02 Å². The van der Waals surface area contributed by atoms with E-state index >= 15 is 0 Å². The first-order valence-corrected chi connectivity index (χ1v) is 6.12. The summed E-state index contributed by atoms with van der Waals surface area (Å²) in [6.45, 7) is 0. The molecule has 0 aliphatic carbocycles. The van der Waals surface area contributed by atoms with Gasteiger partial charge in [-0.25, -0.2) is 0 Å². The van der Waals surface area contributed by atoms with Gasteiger partial charge in [0.1, 0.15) is 0 Å². The third kappa shape index (κ3) is 3.17. The van der Waals surface area contributed by atoms with Crippen molar-refractivity contribution >= 4 is 34.6 Å². The number of halogens is 1. The smallest absolute Gasteiger partial charge is 0.251 e. The molecule has 0 heterocycles. The SMILES string of the molecule is CNC(=O)c1ccc(N)c(Nc2ccc(Cl)cc2)c1. The summed E-state index contributed by atoms with van der Waals surface area (Å²) in [4.78, 5) is 11.6. The van der Waals surface area contributed by atoms with Gasteiger partial charge >= 0.3 is 0 Å². The van der Waals surface area contributed by atoms with Crippen molar-refractivity contribution in [1.29, 1.82) is 0 Å². The topological polar surface area (TPSA) is 67.2 Å². The first kappa shape index (κ1) is 13.2. The average molecular weight is 276 g/mol. The first-order chi connectivity index (χ1) is 9.10. The van der Waals surface area contributed by atoms with Crippen LogP contribution in [0.4, 0.5) is 17.1 Å². The van der Waals surface area contributed by atoms with E-state index < -0.39 is 0 Å². The molecule has 98 valence electrons. The maximum Gasteiger partial charge on any atom is 0.251 e. The zero-order valence-corrected chi connectivity index (χ0v) is 11.2. The number of nitrogen functional groups attached to an aromatic ring is 1. The quantitative estimate of drug-likeness (QED) is 0.754. The lowest BCUT2D eigenvalue weighted by Gasteiger charge is -2.11. The van der Waals surface area contributed by atoms with Gasteiger partial charge in [0, 0.05) is 23.3 Å². The molecule has 19 heavy (non-hydrogen) atoms. The molecule has 0 atom stereocenters. The number of nitrogens with two attached hydrogens (primary N) is 1. The molecule has 4 N–H and O–H groups in total. The van der Waals surface area contributed by atoms with Crippen molar-refractivity contribution in [3.63, 3.8) is 0 Å². The van der Waals surface area contributed by atoms with Crippen LogP contribution in [0.15, 0.2) is 42.5 Å². The van der Waals surface area contributed by atoms with E-state index in [1.807, 2.05) is 12.1 Å². The van der Waals surface area contributed by atoms with Gasteiger partial charge in [0.15, 0.2) is 0 Å². The van der Waals surface area contributed by atoms with Crippen LogP contribution in [0.25, 0.3) is 0 Å². The van der Waals surface area contributed by atoms with Crippen molar-refractivity contribution in [2.24, 2.45) is 0 Å². The van der Waals surface area contributed by atoms with Crippen molar-refractivity contribution in [2.75, 3.05) is 18.1 Å². The molecule has 2 rings (SSSR count). The highest BCUT2D eigenvalue weighted by Crippen LogP contribution is 2.25. The first-order valence-electron chi connectivity index (χ1n) is 5.74. The summed E-state index contributed by atoms with van der Waals surface area (Å²) < 4.78 is 0. The molecular weight excluding hydrogens is 262 g/mol. The minimum absolute atomic E-state index is 0.154. The molecule has 2 aromatic carbocycles. The molecule has 0 aliphatic rings. The highest BCUT2D eigenvalue weighted by Gasteiger charge is 2.07. The Labute approximate surface area is 116 Å². The molecule has 0 radical (unpaired) electrons. The van der Waals surface area contributed by atoms with Gasteiger partial charge in [0.2, 0.25) is 0 Å². The Hall–Kier alpha value is -2.20. The maximum atomic E-state index is 11.6. The predicted octanol–water partition coefficient (Wildman–Crippen LogP) is 3.03. The van der Waals surface area contributed by atoms with E-state index in [1.54, 1.807) is 37.4 Å². The zero-order valence-electron chi connectivity index (χ0n) is 10.4. The summed E-state index contributed by atoms with van der Waals surface area (Å²) >= 11 is 5.83. The largest absolute Gasteiger partial charge is 0.397 e. The Morgan fingerprint density at radius 3 is 2.47 bits per heavy atom. The van der Waals surface area contributed by atoms with Crippen LogP contribution in [0, 0.1) is 0 Å². The molecule has 0 unspecified atom stereocenters. The van der Waals surface area contributed by atoms with Crippen LogP contribution >= 0.6 is 11.6 Å². The number of carbonyl (C=O) groups excluding carboxylic acids is 1. The molecule has 1 amide bonds. The van der Waals surface area contributed by atoms with E-state index in [9.17, 15) is 4.79 Å². The number of hydrogen-bond acceptors (Lipinski definition) is 3. The van der Waals surface area contributed by atoms with Gasteiger partial charge in [-0.2, -0.15) is 0 Å². The molecule has 0 saturated carbocycles. The van der Waals surface area contributed by atoms with Gasteiger partial charge in [0.25, 0.3) is 5.91 Å². The van der Waals surface area contributed by atoms with Gasteiger partial charge in [-0.05, 0) is 42.5 Å². The highest BCUT2D eigenvalue weighted by atomic mass is 35.5. The van der Waals surface area contributed by atoms with Gasteiger partial charge in [0.05, 0.1) is 11.4 Å². The zero-order chi connectivity index (χ0) is 13.8. The van der Waals surface area contributed by atoms with Crippen molar-refractivity contribution in [1.82, 2.24) is 5.32 Å². The summed E-state index contributed by atoms with van der Waals surface area (Å²) in [5.74, 6) is -0.154. The number of hydrogen-bond donors (Lipinski definition) is 3. The van der Waals surface area contributed by atoms with Crippen LogP contribution in [0.5, 0.6) is 0 Å². The third-order valence-corrected chi connectivity index (χ3v) is 2.92. The number of amides is 1. The van der Waals surface area contributed by atoms with Crippen LogP contribution in [-0.4, -0.2) is 13.0 Å². The third-order valence-electron chi connectivity index (χ3n) is 2.67. The standard InChI is InChI=1S/C14H14ClN3O/c1-17-14(19)9-2-7-12(16)13(8-9)18-11-5-3-10(15)4-6-11/h2-8,18H,16H2,1H3,(H,17,19). The Morgan fingerprint density at radius 1 is 1.16 bits per heavy atom. The number of benzene rings is 2. The Morgan fingerprint density at radius 2 is 1.84 bits per heavy atom. The van der Waals surface area contributed by atoms with E-state index in [1.165, 1.54) is 0 Å². The lowest BCUT2D eigenvalue weighted by atomic mass is 10.1.